The highest BCUT2D eigenvalue weighted by molar-refractivity contribution is 7.80. The van der Waals surface area contributed by atoms with Gasteiger partial charge in [-0.05, 0) is 26.8 Å². The van der Waals surface area contributed by atoms with E-state index in [1.807, 2.05) is 6.92 Å². The fourth-order valence-electron chi connectivity index (χ4n) is 2.47. The summed E-state index contributed by atoms with van der Waals surface area (Å²) in [6, 6.07) is 0. The van der Waals surface area contributed by atoms with Gasteiger partial charge in [0, 0.05) is 0 Å². The van der Waals surface area contributed by atoms with Gasteiger partial charge >= 0.3 is 10.4 Å². The van der Waals surface area contributed by atoms with E-state index >= 15 is 0 Å². The maximum Gasteiger partial charge on any atom is 0.397 e. The second-order valence-corrected chi connectivity index (χ2v) is 8.96. The molecule has 3 N–H and O–H groups in total. The quantitative estimate of drug-likeness (QED) is 0.148. The van der Waals surface area contributed by atoms with E-state index < -0.39 is 16.1 Å². The molecule has 8 heteroatoms. The number of rotatable bonds is 17. The van der Waals surface area contributed by atoms with Crippen LogP contribution in [0.25, 0.3) is 0 Å². The summed E-state index contributed by atoms with van der Waals surface area (Å²) in [5.74, 6) is 0. The van der Waals surface area contributed by atoms with Crippen molar-refractivity contribution >= 4 is 10.4 Å². The predicted molar refractivity (Wildman–Crippen MR) is 124 cm³/mol. The molecule has 0 bridgehead atoms. The van der Waals surface area contributed by atoms with Crippen LogP contribution < -0.4 is 5.32 Å². The lowest BCUT2D eigenvalue weighted by molar-refractivity contribution is 0.0284. The summed E-state index contributed by atoms with van der Waals surface area (Å²) in [5, 5.41) is 22.0. The number of hydrogen-bond donors (Lipinski definition) is 3. The molecule has 0 aliphatic carbocycles. The lowest BCUT2D eigenvalue weighted by atomic mass is 10.0. The minimum absolute atomic E-state index is 0.123. The van der Waals surface area contributed by atoms with E-state index in [4.69, 9.17) is 9.66 Å². The molecule has 185 valence electrons. The minimum Gasteiger partial charge on any atom is -0.376 e. The van der Waals surface area contributed by atoms with Gasteiger partial charge < -0.3 is 5.11 Å². The van der Waals surface area contributed by atoms with E-state index in [0.717, 1.165) is 26.4 Å². The van der Waals surface area contributed by atoms with Crippen LogP contribution in [-0.4, -0.2) is 44.6 Å². The van der Waals surface area contributed by atoms with Crippen LogP contribution in [0.15, 0.2) is 0 Å². The first-order valence-electron chi connectivity index (χ1n) is 11.6. The summed E-state index contributed by atoms with van der Waals surface area (Å²) in [4.78, 5) is 0. The second-order valence-electron chi connectivity index (χ2n) is 7.77. The number of aliphatic hydroxyl groups is 1. The molecule has 0 rings (SSSR count). The van der Waals surface area contributed by atoms with Gasteiger partial charge in [-0.1, -0.05) is 97.3 Å². The van der Waals surface area contributed by atoms with Crippen molar-refractivity contribution in [3.8, 4) is 0 Å². The average Bonchev–Trinajstić information content (AvgIpc) is 2.72. The molecule has 0 amide bonds. The van der Waals surface area contributed by atoms with E-state index in [0.29, 0.717) is 0 Å². The highest BCUT2D eigenvalue weighted by atomic mass is 32.3. The molecule has 30 heavy (non-hydrogen) atoms. The number of hydrogen-bond acceptors (Lipinski definition) is 5. The lowest BCUT2D eigenvalue weighted by Gasteiger charge is -2.19. The molecular formula is C22H50NO6S. The van der Waals surface area contributed by atoms with E-state index in [-0.39, 0.29) is 6.61 Å². The topological polar surface area (TPSA) is 116 Å². The van der Waals surface area contributed by atoms with Crippen LogP contribution in [0.1, 0.15) is 117 Å². The molecule has 0 saturated heterocycles. The summed E-state index contributed by atoms with van der Waals surface area (Å²) in [7, 11) is -1.55. The Morgan fingerprint density at radius 1 is 0.800 bits per heavy atom. The zero-order valence-electron chi connectivity index (χ0n) is 20.2. The largest absolute Gasteiger partial charge is 0.397 e. The monoisotopic (exact) mass is 456 g/mol. The standard InChI is InChI=1S/C16H33O.C5H13NO.CH4O4S/c1-2-3-4-5-6-7-8-9-10-11-12-13-14-15-16-17;1-4-5(2,7)6-3;1-5-6(2,3)4/h2-16H2,1H3;6-7H,4H2,1-3H3;1H3,(H,2,3,4). The molecule has 0 aromatic heterocycles. The zero-order valence-corrected chi connectivity index (χ0v) is 21.1. The summed E-state index contributed by atoms with van der Waals surface area (Å²) in [6.45, 7) is 6.07. The first-order chi connectivity index (χ1) is 14.1. The predicted octanol–water partition coefficient (Wildman–Crippen LogP) is 5.66. The fraction of sp³-hybridized carbons (Fsp3) is 1.00. The Labute approximate surface area is 187 Å². The maximum absolute atomic E-state index is 10.2. The van der Waals surface area contributed by atoms with Crippen molar-refractivity contribution in [3.63, 3.8) is 0 Å². The smallest absolute Gasteiger partial charge is 0.376 e. The molecule has 1 atom stereocenters. The molecule has 1 unspecified atom stereocenters. The first-order valence-corrected chi connectivity index (χ1v) is 13.0. The minimum atomic E-state index is -4.16. The third-order valence-corrected chi connectivity index (χ3v) is 5.36. The Balaban J connectivity index is -0.000000459. The lowest BCUT2D eigenvalue weighted by Crippen LogP contribution is -2.38. The van der Waals surface area contributed by atoms with Crippen LogP contribution in [0.2, 0.25) is 0 Å². The SMILES string of the molecule is CCC(C)(O)NC.CCCCCCCCCCCCCCCC[O].COS(=O)(=O)O. The summed E-state index contributed by atoms with van der Waals surface area (Å²) in [6.07, 6.45) is 19.6. The van der Waals surface area contributed by atoms with Crippen LogP contribution in [0, 0.1) is 0 Å². The summed E-state index contributed by atoms with van der Waals surface area (Å²) >= 11 is 0. The van der Waals surface area contributed by atoms with Gasteiger partial charge in [0.15, 0.2) is 0 Å². The Kier molecular flexibility index (Phi) is 28.7. The Morgan fingerprint density at radius 2 is 1.10 bits per heavy atom. The van der Waals surface area contributed by atoms with Crippen LogP contribution in [0.3, 0.4) is 0 Å². The molecule has 0 saturated carbocycles. The highest BCUT2D eigenvalue weighted by Gasteiger charge is 2.11. The Hall–Kier alpha value is -0.250. The number of nitrogens with one attached hydrogen (secondary N) is 1. The first kappa shape index (κ1) is 34.4. The van der Waals surface area contributed by atoms with Gasteiger partial charge in [-0.25, -0.2) is 5.11 Å². The van der Waals surface area contributed by atoms with Gasteiger partial charge in [-0.3, -0.25) is 14.1 Å². The fourth-order valence-corrected chi connectivity index (χ4v) is 2.47. The van der Waals surface area contributed by atoms with Crippen molar-refractivity contribution in [1.29, 1.82) is 0 Å². The van der Waals surface area contributed by atoms with Gasteiger partial charge in [0.2, 0.25) is 0 Å². The highest BCUT2D eigenvalue weighted by Crippen LogP contribution is 2.12. The molecule has 0 aliphatic heterocycles. The van der Waals surface area contributed by atoms with E-state index in [1.54, 1.807) is 14.0 Å². The van der Waals surface area contributed by atoms with Crippen molar-refractivity contribution in [2.24, 2.45) is 0 Å². The number of unbranched alkanes of at least 4 members (excludes halogenated alkanes) is 13. The molecule has 0 fully saturated rings. The van der Waals surface area contributed by atoms with E-state index in [2.05, 4.69) is 16.4 Å². The molecule has 0 aromatic carbocycles. The van der Waals surface area contributed by atoms with Crippen molar-refractivity contribution in [3.05, 3.63) is 0 Å². The van der Waals surface area contributed by atoms with Gasteiger partial charge in [0.1, 0.15) is 5.72 Å². The van der Waals surface area contributed by atoms with Crippen LogP contribution >= 0.6 is 0 Å². The third-order valence-electron chi connectivity index (χ3n) is 4.94. The Morgan fingerprint density at radius 3 is 1.27 bits per heavy atom. The van der Waals surface area contributed by atoms with Crippen molar-refractivity contribution in [2.75, 3.05) is 20.8 Å². The van der Waals surface area contributed by atoms with Gasteiger partial charge in [-0.2, -0.15) is 8.42 Å². The average molecular weight is 457 g/mol. The molecule has 0 heterocycles. The molecule has 0 aliphatic rings. The third kappa shape index (κ3) is 38.4. The van der Waals surface area contributed by atoms with Crippen LogP contribution in [0.4, 0.5) is 0 Å². The van der Waals surface area contributed by atoms with Gasteiger partial charge in [-0.15, -0.1) is 0 Å². The molecule has 1 radical (unpaired) electrons. The summed E-state index contributed by atoms with van der Waals surface area (Å²) < 4.78 is 29.7. The second kappa shape index (κ2) is 25.0. The van der Waals surface area contributed by atoms with Crippen molar-refractivity contribution < 1.29 is 27.4 Å². The molecular weight excluding hydrogens is 406 g/mol. The summed E-state index contributed by atoms with van der Waals surface area (Å²) in [5.41, 5.74) is -0.667. The van der Waals surface area contributed by atoms with E-state index in [1.165, 1.54) is 77.0 Å². The van der Waals surface area contributed by atoms with Crippen molar-refractivity contribution in [2.45, 2.75) is 123 Å². The van der Waals surface area contributed by atoms with Crippen LogP contribution in [-0.2, 0) is 19.7 Å². The molecule has 7 nitrogen and oxygen atoms in total. The normalized spacial score (nSPS) is 12.9. The maximum atomic E-state index is 10.2. The molecule has 0 spiro atoms. The van der Waals surface area contributed by atoms with E-state index in [9.17, 15) is 13.5 Å². The zero-order chi connectivity index (χ0) is 23.7. The van der Waals surface area contributed by atoms with Crippen molar-refractivity contribution in [1.82, 2.24) is 5.32 Å². The van der Waals surface area contributed by atoms with Gasteiger partial charge in [0.05, 0.1) is 13.7 Å². The molecule has 0 aromatic rings. The Bertz CT molecular complexity index is 396. The van der Waals surface area contributed by atoms with Gasteiger partial charge in [0.25, 0.3) is 0 Å². The van der Waals surface area contributed by atoms with Crippen LogP contribution in [0.5, 0.6) is 0 Å².